The van der Waals surface area contributed by atoms with Crippen molar-refractivity contribution < 1.29 is 27.9 Å². The smallest absolute Gasteiger partial charge is 0.475 e. The van der Waals surface area contributed by atoms with Crippen molar-refractivity contribution in [2.24, 2.45) is 0 Å². The summed E-state index contributed by atoms with van der Waals surface area (Å²) in [6.07, 6.45) is -2.33. The second-order valence-corrected chi connectivity index (χ2v) is 10.6. The summed E-state index contributed by atoms with van der Waals surface area (Å²) in [5.74, 6) is -1.18. The van der Waals surface area contributed by atoms with Gasteiger partial charge in [0.2, 0.25) is 5.91 Å². The molecule has 12 heteroatoms. The topological polar surface area (TPSA) is 115 Å². The number of halogens is 3. The Bertz CT molecular complexity index is 1400. The first-order valence-corrected chi connectivity index (χ1v) is 13.1. The number of thioether (sulfide) groups is 1. The number of likely N-dealkylation sites (tertiary alicyclic amines) is 1. The number of nitrogens with zero attached hydrogens (tertiary/aromatic N) is 2. The molecule has 39 heavy (non-hydrogen) atoms. The summed E-state index contributed by atoms with van der Waals surface area (Å²) < 4.78 is 31.7. The van der Waals surface area contributed by atoms with Crippen molar-refractivity contribution in [3.05, 3.63) is 69.3 Å². The van der Waals surface area contributed by atoms with Gasteiger partial charge < -0.3 is 15.4 Å². The molecule has 0 aliphatic carbocycles. The second-order valence-electron chi connectivity index (χ2n) is 9.29. The van der Waals surface area contributed by atoms with E-state index in [-0.39, 0.29) is 18.9 Å². The van der Waals surface area contributed by atoms with Gasteiger partial charge in [0.15, 0.2) is 0 Å². The lowest BCUT2D eigenvalue weighted by molar-refractivity contribution is -0.192. The van der Waals surface area contributed by atoms with E-state index < -0.39 is 12.1 Å². The largest absolute Gasteiger partial charge is 0.490 e. The minimum atomic E-state index is -5.08. The Kier molecular flexibility index (Phi) is 9.78. The molecule has 1 amide bonds. The number of carbonyl (C=O) groups is 2. The molecule has 3 aromatic rings. The van der Waals surface area contributed by atoms with Crippen LogP contribution in [0.25, 0.3) is 10.9 Å². The average Bonchev–Trinajstić information content (AvgIpc) is 3.23. The number of aliphatic carboxylic acids is 1. The summed E-state index contributed by atoms with van der Waals surface area (Å²) in [6.45, 7) is 5.03. The van der Waals surface area contributed by atoms with Crippen LogP contribution in [0.5, 0.6) is 0 Å². The molecule has 2 aromatic carbocycles. The third-order valence-electron chi connectivity index (χ3n) is 6.43. The van der Waals surface area contributed by atoms with Crippen LogP contribution in [0.1, 0.15) is 42.8 Å². The molecule has 0 radical (unpaired) electrons. The lowest BCUT2D eigenvalue weighted by Crippen LogP contribution is -2.34. The number of aryl methyl sites for hydroxylation is 1. The summed E-state index contributed by atoms with van der Waals surface area (Å²) in [6, 6.07) is 12.1. The predicted octanol–water partition coefficient (Wildman–Crippen LogP) is 4.89. The molecule has 0 atom stereocenters. The van der Waals surface area contributed by atoms with Crippen LogP contribution in [0.15, 0.2) is 41.2 Å². The zero-order valence-corrected chi connectivity index (χ0v) is 21.4. The Balaban J connectivity index is 0.000000468. The molecule has 1 saturated heterocycles. The fourth-order valence-corrected chi connectivity index (χ4v) is 5.54. The molecule has 2 aliphatic rings. The van der Waals surface area contributed by atoms with Crippen molar-refractivity contribution in [3.63, 3.8) is 0 Å². The Morgan fingerprint density at radius 1 is 1.18 bits per heavy atom. The number of fused-ring (bicyclic) bond motifs is 2. The van der Waals surface area contributed by atoms with Crippen molar-refractivity contribution >= 4 is 40.2 Å². The number of nitrogens with one attached hydrogen (secondary N) is 2. The first-order valence-electron chi connectivity index (χ1n) is 12.0. The Morgan fingerprint density at radius 3 is 2.54 bits per heavy atom. The molecule has 8 nitrogen and oxygen atoms in total. The number of carbonyl (C=O) groups excluding carboxylic acids is 1. The second kappa shape index (κ2) is 12.6. The highest BCUT2D eigenvalue weighted by Crippen LogP contribution is 2.28. The maximum atomic E-state index is 12.4. The molecule has 0 spiro atoms. The molecule has 210 valence electrons. The highest BCUT2D eigenvalue weighted by atomic mass is 32.2. The summed E-state index contributed by atoms with van der Waals surface area (Å²) in [5.41, 5.74) is 5.11. The Morgan fingerprint density at radius 2 is 1.87 bits per heavy atom. The minimum Gasteiger partial charge on any atom is -0.475 e. The van der Waals surface area contributed by atoms with E-state index in [0.29, 0.717) is 17.1 Å². The van der Waals surface area contributed by atoms with Crippen LogP contribution in [0.2, 0.25) is 0 Å². The van der Waals surface area contributed by atoms with Gasteiger partial charge in [-0.25, -0.2) is 9.78 Å². The van der Waals surface area contributed by atoms with Crippen molar-refractivity contribution in [1.82, 2.24) is 14.9 Å². The van der Waals surface area contributed by atoms with Crippen LogP contribution < -0.4 is 10.9 Å². The van der Waals surface area contributed by atoms with E-state index in [1.165, 1.54) is 5.56 Å². The number of alkyl halides is 3. The van der Waals surface area contributed by atoms with E-state index in [1.54, 1.807) is 0 Å². The van der Waals surface area contributed by atoms with Gasteiger partial charge in [-0.15, -0.1) is 0 Å². The summed E-state index contributed by atoms with van der Waals surface area (Å²) >= 11 is 1.89. The van der Waals surface area contributed by atoms with Gasteiger partial charge in [0.1, 0.15) is 5.82 Å². The Labute approximate surface area is 228 Å². The molecular weight excluding hydrogens is 533 g/mol. The quantitative estimate of drug-likeness (QED) is 0.404. The maximum Gasteiger partial charge on any atom is 0.490 e. The number of para-hydroxylation sites is 1. The maximum absolute atomic E-state index is 12.4. The van der Waals surface area contributed by atoms with Crippen LogP contribution >= 0.6 is 11.8 Å². The molecule has 1 fully saturated rings. The number of hydrogen-bond acceptors (Lipinski definition) is 6. The molecule has 3 N–H and O–H groups in total. The fourth-order valence-electron chi connectivity index (χ4n) is 4.47. The van der Waals surface area contributed by atoms with E-state index in [4.69, 9.17) is 14.9 Å². The molecule has 0 bridgehead atoms. The predicted molar refractivity (Wildman–Crippen MR) is 146 cm³/mol. The SMILES string of the molecule is C.Cc1cccc2c(=O)[nH]c(CSC3CCN(Cc4ccc5c(c4)NC(=O)C5)CC3)nc12.O=C(O)C(F)(F)F. The number of rotatable bonds is 5. The van der Waals surface area contributed by atoms with Crippen LogP contribution in [0.4, 0.5) is 18.9 Å². The average molecular weight is 565 g/mol. The molecular formula is C27H31F3N4O4S. The summed E-state index contributed by atoms with van der Waals surface area (Å²) in [7, 11) is 0. The lowest BCUT2D eigenvalue weighted by atomic mass is 10.1. The van der Waals surface area contributed by atoms with Gasteiger partial charge in [-0.1, -0.05) is 31.7 Å². The number of benzene rings is 2. The van der Waals surface area contributed by atoms with Gasteiger partial charge >= 0.3 is 12.1 Å². The molecule has 5 rings (SSSR count). The Hall–Kier alpha value is -3.38. The highest BCUT2D eigenvalue weighted by Gasteiger charge is 2.38. The number of piperidine rings is 1. The number of hydrogen-bond donors (Lipinski definition) is 3. The number of aromatic amines is 1. The molecule has 1 aromatic heterocycles. The van der Waals surface area contributed by atoms with Crippen molar-refractivity contribution in [2.45, 2.75) is 57.3 Å². The van der Waals surface area contributed by atoms with E-state index in [1.807, 2.05) is 36.9 Å². The third kappa shape index (κ3) is 7.82. The van der Waals surface area contributed by atoms with Crippen LogP contribution in [0.3, 0.4) is 0 Å². The number of H-pyrrole nitrogens is 1. The van der Waals surface area contributed by atoms with Gasteiger partial charge in [0.05, 0.1) is 23.1 Å². The van der Waals surface area contributed by atoms with Gasteiger partial charge in [-0.3, -0.25) is 14.5 Å². The van der Waals surface area contributed by atoms with Gasteiger partial charge in [-0.2, -0.15) is 24.9 Å². The van der Waals surface area contributed by atoms with E-state index >= 15 is 0 Å². The van der Waals surface area contributed by atoms with E-state index in [2.05, 4.69) is 33.4 Å². The van der Waals surface area contributed by atoms with Crippen molar-refractivity contribution in [1.29, 1.82) is 0 Å². The number of amides is 1. The normalized spacial score (nSPS) is 15.6. The van der Waals surface area contributed by atoms with Crippen LogP contribution in [-0.4, -0.2) is 56.4 Å². The third-order valence-corrected chi connectivity index (χ3v) is 7.81. The molecule has 2 aliphatic heterocycles. The van der Waals surface area contributed by atoms with Crippen LogP contribution in [-0.2, 0) is 28.3 Å². The molecule has 0 saturated carbocycles. The van der Waals surface area contributed by atoms with Crippen molar-refractivity contribution in [3.8, 4) is 0 Å². The van der Waals surface area contributed by atoms with Gasteiger partial charge in [0, 0.05) is 17.5 Å². The lowest BCUT2D eigenvalue weighted by Gasteiger charge is -2.31. The number of carboxylic acids is 1. The zero-order valence-electron chi connectivity index (χ0n) is 20.6. The monoisotopic (exact) mass is 564 g/mol. The van der Waals surface area contributed by atoms with E-state index in [9.17, 15) is 22.8 Å². The molecule has 3 heterocycles. The highest BCUT2D eigenvalue weighted by molar-refractivity contribution is 7.99. The first kappa shape index (κ1) is 30.2. The van der Waals surface area contributed by atoms with Gasteiger partial charge in [0.25, 0.3) is 5.56 Å². The van der Waals surface area contributed by atoms with E-state index in [0.717, 1.165) is 66.4 Å². The van der Waals surface area contributed by atoms with Crippen LogP contribution in [0, 0.1) is 6.92 Å². The van der Waals surface area contributed by atoms with Crippen molar-refractivity contribution in [2.75, 3.05) is 18.4 Å². The number of carboxylic acid groups (broad SMARTS) is 1. The number of anilines is 1. The molecule has 0 unspecified atom stereocenters. The fraction of sp³-hybridized carbons (Fsp3) is 0.407. The summed E-state index contributed by atoms with van der Waals surface area (Å²) in [4.78, 5) is 43.0. The number of aromatic nitrogens is 2. The zero-order chi connectivity index (χ0) is 27.4. The first-order chi connectivity index (χ1) is 18.0. The summed E-state index contributed by atoms with van der Waals surface area (Å²) in [5, 5.41) is 11.3. The minimum absolute atomic E-state index is 0. The van der Waals surface area contributed by atoms with Gasteiger partial charge in [-0.05, 0) is 61.7 Å². The standard InChI is InChI=1S/C24H26N4O2S.C2HF3O2.CH4/c1-15-3-2-4-19-23(15)26-21(27-24(19)30)14-31-18-7-9-28(10-8-18)13-16-5-6-17-12-22(29)25-20(17)11-16;3-2(4,5)1(6)7;/h2-6,11,18H,7-10,12-14H2,1H3,(H,25,29)(H,26,27,30);(H,6,7);1H4.